The predicted molar refractivity (Wildman–Crippen MR) is 87.4 cm³/mol. The summed E-state index contributed by atoms with van der Waals surface area (Å²) in [7, 11) is 0. The molecule has 1 fully saturated rings. The minimum Gasteiger partial charge on any atom is -0.453 e. The third-order valence-corrected chi connectivity index (χ3v) is 4.40. The van der Waals surface area contributed by atoms with Crippen LogP contribution in [0.25, 0.3) is 0 Å². The highest BCUT2D eigenvalue weighted by atomic mass is 79.9. The van der Waals surface area contributed by atoms with Crippen molar-refractivity contribution in [3.05, 3.63) is 47.0 Å². The summed E-state index contributed by atoms with van der Waals surface area (Å²) < 4.78 is 6.40. The summed E-state index contributed by atoms with van der Waals surface area (Å²) in [5.41, 5.74) is 0. The SMILES string of the molecule is CC(NC1CCN(c2ccccn2)CC1)c1ccc(Br)o1. The van der Waals surface area contributed by atoms with Gasteiger partial charge in [-0.05, 0) is 60.0 Å². The van der Waals surface area contributed by atoms with Gasteiger partial charge >= 0.3 is 0 Å². The summed E-state index contributed by atoms with van der Waals surface area (Å²) in [6, 6.07) is 10.8. The second-order valence-electron chi connectivity index (χ2n) is 5.48. The second-order valence-corrected chi connectivity index (χ2v) is 6.26. The largest absolute Gasteiger partial charge is 0.453 e. The van der Waals surface area contributed by atoms with Gasteiger partial charge in [0.2, 0.25) is 0 Å². The van der Waals surface area contributed by atoms with Crippen molar-refractivity contribution in [2.45, 2.75) is 31.8 Å². The number of hydrogen-bond acceptors (Lipinski definition) is 4. The highest BCUT2D eigenvalue weighted by Crippen LogP contribution is 2.23. The Morgan fingerprint density at radius 3 is 2.71 bits per heavy atom. The predicted octanol–water partition coefficient (Wildman–Crippen LogP) is 3.76. The van der Waals surface area contributed by atoms with Gasteiger partial charge in [0, 0.05) is 25.3 Å². The topological polar surface area (TPSA) is 41.3 Å². The Bertz CT molecular complexity index is 564. The van der Waals surface area contributed by atoms with Crippen molar-refractivity contribution >= 4 is 21.7 Å². The van der Waals surface area contributed by atoms with Crippen LogP contribution in [0.5, 0.6) is 0 Å². The summed E-state index contributed by atoms with van der Waals surface area (Å²) in [6.07, 6.45) is 4.11. The van der Waals surface area contributed by atoms with E-state index in [0.29, 0.717) is 6.04 Å². The summed E-state index contributed by atoms with van der Waals surface area (Å²) in [6.45, 7) is 4.24. The van der Waals surface area contributed by atoms with Crippen LogP contribution in [-0.4, -0.2) is 24.1 Å². The lowest BCUT2D eigenvalue weighted by atomic mass is 10.0. The van der Waals surface area contributed by atoms with E-state index in [-0.39, 0.29) is 6.04 Å². The van der Waals surface area contributed by atoms with Crippen molar-refractivity contribution in [3.63, 3.8) is 0 Å². The van der Waals surface area contributed by atoms with Gasteiger partial charge in [0.25, 0.3) is 0 Å². The molecule has 3 rings (SSSR count). The summed E-state index contributed by atoms with van der Waals surface area (Å²) in [5.74, 6) is 2.06. The molecule has 1 aliphatic rings. The number of nitrogens with zero attached hydrogens (tertiary/aromatic N) is 2. The zero-order valence-corrected chi connectivity index (χ0v) is 13.7. The number of pyridine rings is 1. The van der Waals surface area contributed by atoms with E-state index < -0.39 is 0 Å². The molecular formula is C16H20BrN3O. The molecule has 112 valence electrons. The van der Waals surface area contributed by atoms with Gasteiger partial charge in [-0.1, -0.05) is 6.07 Å². The standard InChI is InChI=1S/C16H20BrN3O/c1-12(14-5-6-15(17)21-14)19-13-7-10-20(11-8-13)16-4-2-3-9-18-16/h2-6,9,12-13,19H,7-8,10-11H2,1H3. The average Bonchev–Trinajstić information content (AvgIpc) is 2.96. The molecule has 0 aliphatic carbocycles. The van der Waals surface area contributed by atoms with E-state index in [9.17, 15) is 0 Å². The average molecular weight is 350 g/mol. The van der Waals surface area contributed by atoms with Gasteiger partial charge in [0.1, 0.15) is 11.6 Å². The molecule has 3 heterocycles. The number of furan rings is 1. The third kappa shape index (κ3) is 3.66. The first kappa shape index (κ1) is 14.6. The first-order valence-electron chi connectivity index (χ1n) is 7.39. The van der Waals surface area contributed by atoms with Gasteiger partial charge in [-0.3, -0.25) is 0 Å². The molecule has 0 spiro atoms. The van der Waals surface area contributed by atoms with Crippen LogP contribution in [0, 0.1) is 0 Å². The van der Waals surface area contributed by atoms with Crippen molar-refractivity contribution in [1.82, 2.24) is 10.3 Å². The Morgan fingerprint density at radius 1 is 1.29 bits per heavy atom. The number of piperidine rings is 1. The van der Waals surface area contributed by atoms with Crippen LogP contribution in [0.15, 0.2) is 45.6 Å². The molecule has 0 amide bonds. The third-order valence-electron chi connectivity index (χ3n) is 3.97. The number of hydrogen-bond donors (Lipinski definition) is 1. The smallest absolute Gasteiger partial charge is 0.169 e. The molecule has 2 aromatic heterocycles. The second kappa shape index (κ2) is 6.62. The van der Waals surface area contributed by atoms with Crippen molar-refractivity contribution in [3.8, 4) is 0 Å². The highest BCUT2D eigenvalue weighted by Gasteiger charge is 2.22. The molecule has 1 N–H and O–H groups in total. The first-order chi connectivity index (χ1) is 10.2. The van der Waals surface area contributed by atoms with Crippen molar-refractivity contribution in [1.29, 1.82) is 0 Å². The fourth-order valence-electron chi connectivity index (χ4n) is 2.81. The van der Waals surface area contributed by atoms with E-state index in [1.807, 2.05) is 30.5 Å². The van der Waals surface area contributed by atoms with Gasteiger partial charge in [-0.25, -0.2) is 4.98 Å². The van der Waals surface area contributed by atoms with E-state index in [0.717, 1.165) is 42.2 Å². The lowest BCUT2D eigenvalue weighted by Gasteiger charge is -2.34. The zero-order valence-electron chi connectivity index (χ0n) is 12.1. The Labute approximate surface area is 133 Å². The van der Waals surface area contributed by atoms with Crippen molar-refractivity contribution in [2.24, 2.45) is 0 Å². The van der Waals surface area contributed by atoms with E-state index in [1.54, 1.807) is 0 Å². The molecule has 0 bridgehead atoms. The lowest BCUT2D eigenvalue weighted by Crippen LogP contribution is -2.43. The maximum atomic E-state index is 5.61. The normalized spacial score (nSPS) is 17.9. The minimum atomic E-state index is 0.239. The monoisotopic (exact) mass is 349 g/mol. The van der Waals surface area contributed by atoms with Crippen molar-refractivity contribution < 1.29 is 4.42 Å². The van der Waals surface area contributed by atoms with Crippen molar-refractivity contribution in [2.75, 3.05) is 18.0 Å². The fraction of sp³-hybridized carbons (Fsp3) is 0.438. The van der Waals surface area contributed by atoms with Gasteiger partial charge in [0.05, 0.1) is 6.04 Å². The highest BCUT2D eigenvalue weighted by molar-refractivity contribution is 9.10. The van der Waals surface area contributed by atoms with Gasteiger partial charge in [0.15, 0.2) is 4.67 Å². The first-order valence-corrected chi connectivity index (χ1v) is 8.19. The molecule has 2 aromatic rings. The van der Waals surface area contributed by atoms with Crippen LogP contribution in [-0.2, 0) is 0 Å². The van der Waals surface area contributed by atoms with Gasteiger partial charge in [-0.2, -0.15) is 0 Å². The summed E-state index contributed by atoms with van der Waals surface area (Å²) in [5, 5.41) is 3.66. The van der Waals surface area contributed by atoms with Crippen LogP contribution in [0.1, 0.15) is 31.6 Å². The quantitative estimate of drug-likeness (QED) is 0.912. The lowest BCUT2D eigenvalue weighted by molar-refractivity contribution is 0.343. The van der Waals surface area contributed by atoms with Crippen LogP contribution < -0.4 is 10.2 Å². The molecule has 1 atom stereocenters. The van der Waals surface area contributed by atoms with Crippen LogP contribution in [0.4, 0.5) is 5.82 Å². The molecule has 0 radical (unpaired) electrons. The number of halogens is 1. The Balaban J connectivity index is 1.52. The number of anilines is 1. The Morgan fingerprint density at radius 2 is 2.10 bits per heavy atom. The van der Waals surface area contributed by atoms with E-state index in [2.05, 4.69) is 44.1 Å². The molecule has 5 heteroatoms. The molecule has 4 nitrogen and oxygen atoms in total. The van der Waals surface area contributed by atoms with Gasteiger partial charge in [-0.15, -0.1) is 0 Å². The zero-order chi connectivity index (χ0) is 14.7. The molecule has 1 unspecified atom stereocenters. The fourth-order valence-corrected chi connectivity index (χ4v) is 3.13. The Kier molecular flexibility index (Phi) is 4.60. The minimum absolute atomic E-state index is 0.239. The summed E-state index contributed by atoms with van der Waals surface area (Å²) >= 11 is 3.35. The molecular weight excluding hydrogens is 330 g/mol. The number of aromatic nitrogens is 1. The molecule has 1 saturated heterocycles. The van der Waals surface area contributed by atoms with E-state index >= 15 is 0 Å². The molecule has 0 aromatic carbocycles. The Hall–Kier alpha value is -1.33. The van der Waals surface area contributed by atoms with E-state index in [1.165, 1.54) is 0 Å². The van der Waals surface area contributed by atoms with E-state index in [4.69, 9.17) is 4.42 Å². The maximum absolute atomic E-state index is 5.61. The van der Waals surface area contributed by atoms with Gasteiger partial charge < -0.3 is 14.6 Å². The van der Waals surface area contributed by atoms with Crippen LogP contribution in [0.2, 0.25) is 0 Å². The molecule has 21 heavy (non-hydrogen) atoms. The number of rotatable bonds is 4. The number of nitrogens with one attached hydrogen (secondary N) is 1. The van der Waals surface area contributed by atoms with Crippen LogP contribution >= 0.6 is 15.9 Å². The van der Waals surface area contributed by atoms with Crippen LogP contribution in [0.3, 0.4) is 0 Å². The summed E-state index contributed by atoms with van der Waals surface area (Å²) in [4.78, 5) is 6.78. The maximum Gasteiger partial charge on any atom is 0.169 e. The molecule has 1 aliphatic heterocycles. The molecule has 0 saturated carbocycles.